The van der Waals surface area contributed by atoms with Crippen molar-refractivity contribution in [1.82, 2.24) is 14.5 Å². The summed E-state index contributed by atoms with van der Waals surface area (Å²) in [4.78, 5) is 39.4. The summed E-state index contributed by atoms with van der Waals surface area (Å²) in [5.74, 6) is -0.244. The second-order valence-electron chi connectivity index (χ2n) is 7.79. The van der Waals surface area contributed by atoms with Crippen molar-refractivity contribution in [3.63, 3.8) is 0 Å². The Balaban J connectivity index is 1.54. The van der Waals surface area contributed by atoms with Crippen molar-refractivity contribution < 1.29 is 4.79 Å². The van der Waals surface area contributed by atoms with Gasteiger partial charge in [0.1, 0.15) is 11.2 Å². The van der Waals surface area contributed by atoms with Crippen molar-refractivity contribution in [2.24, 2.45) is 0 Å². The molecule has 1 N–H and O–H groups in total. The van der Waals surface area contributed by atoms with E-state index in [9.17, 15) is 14.4 Å². The van der Waals surface area contributed by atoms with Gasteiger partial charge in [0.25, 0.3) is 5.56 Å². The molecule has 156 valence electrons. The Morgan fingerprint density at radius 1 is 1.10 bits per heavy atom. The van der Waals surface area contributed by atoms with Gasteiger partial charge in [0.2, 0.25) is 5.91 Å². The highest BCUT2D eigenvalue weighted by atomic mass is 32.1. The number of thiophene rings is 1. The third-order valence-corrected chi connectivity index (χ3v) is 6.77. The largest absolute Gasteiger partial charge is 0.348 e. The second-order valence-corrected chi connectivity index (χ2v) is 8.70. The summed E-state index contributed by atoms with van der Waals surface area (Å²) in [6, 6.07) is 17.0. The fraction of sp³-hybridized carbons (Fsp3) is 0.208. The third kappa shape index (κ3) is 3.31. The number of nitrogens with zero attached hydrogens (tertiary/aromatic N) is 2. The zero-order valence-electron chi connectivity index (χ0n) is 17.0. The highest BCUT2D eigenvalue weighted by molar-refractivity contribution is 7.17. The SMILES string of the molecule is Cc1ccccc1-n1c(=O)c2sccc2n(CC(=O)NC2CCc3ccccc32)c1=O. The number of benzene rings is 2. The van der Waals surface area contributed by atoms with Crippen LogP contribution >= 0.6 is 11.3 Å². The monoisotopic (exact) mass is 431 g/mol. The molecule has 1 amide bonds. The first-order valence-corrected chi connectivity index (χ1v) is 11.1. The van der Waals surface area contributed by atoms with E-state index >= 15 is 0 Å². The molecule has 1 atom stereocenters. The fourth-order valence-electron chi connectivity index (χ4n) is 4.36. The van der Waals surface area contributed by atoms with E-state index in [2.05, 4.69) is 11.4 Å². The number of para-hydroxylation sites is 1. The van der Waals surface area contributed by atoms with Gasteiger partial charge in [-0.2, -0.15) is 0 Å². The number of amides is 1. The summed E-state index contributed by atoms with van der Waals surface area (Å²) in [6.07, 6.45) is 1.77. The molecule has 0 fully saturated rings. The van der Waals surface area contributed by atoms with Crippen molar-refractivity contribution in [2.75, 3.05) is 0 Å². The van der Waals surface area contributed by atoms with E-state index in [1.165, 1.54) is 26.0 Å². The number of nitrogens with one attached hydrogen (secondary N) is 1. The maximum Gasteiger partial charge on any atom is 0.336 e. The second kappa shape index (κ2) is 7.67. The van der Waals surface area contributed by atoms with Crippen LogP contribution in [0.5, 0.6) is 0 Å². The van der Waals surface area contributed by atoms with Crippen LogP contribution in [0.15, 0.2) is 69.6 Å². The minimum atomic E-state index is -0.507. The van der Waals surface area contributed by atoms with Crippen LogP contribution in [0.25, 0.3) is 15.9 Å². The Kier molecular flexibility index (Phi) is 4.82. The number of carbonyl (C=O) groups is 1. The maximum absolute atomic E-state index is 13.4. The van der Waals surface area contributed by atoms with Crippen molar-refractivity contribution in [2.45, 2.75) is 32.4 Å². The average molecular weight is 432 g/mol. The van der Waals surface area contributed by atoms with Crippen LogP contribution in [0.1, 0.15) is 29.2 Å². The molecule has 2 aromatic carbocycles. The smallest absolute Gasteiger partial charge is 0.336 e. The first-order chi connectivity index (χ1) is 15.0. The summed E-state index contributed by atoms with van der Waals surface area (Å²) >= 11 is 1.28. The topological polar surface area (TPSA) is 73.1 Å². The lowest BCUT2D eigenvalue weighted by Gasteiger charge is -2.16. The van der Waals surface area contributed by atoms with Gasteiger partial charge in [-0.25, -0.2) is 9.36 Å². The minimum Gasteiger partial charge on any atom is -0.348 e. The molecular weight excluding hydrogens is 410 g/mol. The molecule has 0 saturated heterocycles. The zero-order chi connectivity index (χ0) is 21.5. The normalized spacial score (nSPS) is 15.2. The lowest BCUT2D eigenvalue weighted by molar-refractivity contribution is -0.122. The van der Waals surface area contributed by atoms with Crippen LogP contribution in [0.4, 0.5) is 0 Å². The van der Waals surface area contributed by atoms with Crippen molar-refractivity contribution in [3.8, 4) is 5.69 Å². The molecule has 7 heteroatoms. The molecule has 6 nitrogen and oxygen atoms in total. The Morgan fingerprint density at radius 3 is 2.71 bits per heavy atom. The minimum absolute atomic E-state index is 0.0559. The van der Waals surface area contributed by atoms with Crippen LogP contribution in [-0.4, -0.2) is 15.0 Å². The quantitative estimate of drug-likeness (QED) is 0.539. The highest BCUT2D eigenvalue weighted by Gasteiger charge is 2.24. The van der Waals surface area contributed by atoms with Gasteiger partial charge in [-0.1, -0.05) is 42.5 Å². The summed E-state index contributed by atoms with van der Waals surface area (Å²) in [5.41, 5.74) is 3.36. The van der Waals surface area contributed by atoms with E-state index in [1.807, 2.05) is 37.3 Å². The molecule has 1 unspecified atom stereocenters. The molecule has 0 radical (unpaired) electrons. The van der Waals surface area contributed by atoms with Crippen molar-refractivity contribution in [1.29, 1.82) is 0 Å². The number of hydrogen-bond acceptors (Lipinski definition) is 4. The van der Waals surface area contributed by atoms with Crippen LogP contribution in [0.3, 0.4) is 0 Å². The molecule has 0 bridgehead atoms. The zero-order valence-corrected chi connectivity index (χ0v) is 17.8. The van der Waals surface area contributed by atoms with Crippen LogP contribution in [-0.2, 0) is 17.8 Å². The molecule has 1 aliphatic carbocycles. The van der Waals surface area contributed by atoms with Crippen molar-refractivity contribution in [3.05, 3.63) is 97.5 Å². The van der Waals surface area contributed by atoms with Gasteiger partial charge in [0.15, 0.2) is 0 Å². The standard InChI is InChI=1S/C24H21N3O3S/c1-15-6-2-5-9-19(15)27-23(29)22-20(12-13-31-22)26(24(27)30)14-21(28)25-18-11-10-16-7-3-4-8-17(16)18/h2-9,12-13,18H,10-11,14H2,1H3,(H,25,28). The number of aryl methyl sites for hydroxylation is 2. The third-order valence-electron chi connectivity index (χ3n) is 5.88. The van der Waals surface area contributed by atoms with Gasteiger partial charge in [0, 0.05) is 0 Å². The first-order valence-electron chi connectivity index (χ1n) is 10.2. The predicted molar refractivity (Wildman–Crippen MR) is 122 cm³/mol. The Labute approximate surface area is 182 Å². The van der Waals surface area contributed by atoms with Crippen LogP contribution in [0.2, 0.25) is 0 Å². The molecule has 4 aromatic rings. The number of rotatable bonds is 4. The van der Waals surface area contributed by atoms with Gasteiger partial charge < -0.3 is 5.32 Å². The summed E-state index contributed by atoms with van der Waals surface area (Å²) < 4.78 is 3.03. The predicted octanol–water partition coefficient (Wildman–Crippen LogP) is 3.33. The van der Waals surface area contributed by atoms with Gasteiger partial charge in [-0.3, -0.25) is 14.2 Å². The molecule has 1 aliphatic rings. The number of hydrogen-bond donors (Lipinski definition) is 1. The molecule has 0 spiro atoms. The molecule has 0 aliphatic heterocycles. The molecule has 5 rings (SSSR count). The maximum atomic E-state index is 13.4. The van der Waals surface area contributed by atoms with E-state index in [0.29, 0.717) is 15.9 Å². The summed E-state index contributed by atoms with van der Waals surface area (Å²) in [7, 11) is 0. The van der Waals surface area contributed by atoms with Gasteiger partial charge in [-0.15, -0.1) is 11.3 Å². The summed E-state index contributed by atoms with van der Waals surface area (Å²) in [5, 5.41) is 4.84. The lowest BCUT2D eigenvalue weighted by Crippen LogP contribution is -2.42. The Hall–Kier alpha value is -3.45. The molecule has 31 heavy (non-hydrogen) atoms. The summed E-state index contributed by atoms with van der Waals surface area (Å²) in [6.45, 7) is 1.71. The van der Waals surface area contributed by atoms with E-state index in [1.54, 1.807) is 23.6 Å². The molecule has 2 heterocycles. The molecular formula is C24H21N3O3S. The lowest BCUT2D eigenvalue weighted by atomic mass is 10.1. The number of aromatic nitrogens is 2. The number of carbonyl (C=O) groups excluding carboxylic acids is 1. The number of fused-ring (bicyclic) bond motifs is 2. The highest BCUT2D eigenvalue weighted by Crippen LogP contribution is 2.30. The Bertz CT molecular complexity index is 1430. The Morgan fingerprint density at radius 2 is 1.87 bits per heavy atom. The van der Waals surface area contributed by atoms with Gasteiger partial charge in [-0.05, 0) is 54.0 Å². The average Bonchev–Trinajstić information content (AvgIpc) is 3.41. The first kappa shape index (κ1) is 19.5. The van der Waals surface area contributed by atoms with E-state index in [0.717, 1.165) is 24.0 Å². The molecule has 0 saturated carbocycles. The van der Waals surface area contributed by atoms with E-state index in [-0.39, 0.29) is 24.1 Å². The van der Waals surface area contributed by atoms with Gasteiger partial charge in [0.05, 0.1) is 17.2 Å². The van der Waals surface area contributed by atoms with E-state index in [4.69, 9.17) is 0 Å². The molecule has 2 aromatic heterocycles. The fourth-order valence-corrected chi connectivity index (χ4v) is 5.18. The van der Waals surface area contributed by atoms with E-state index < -0.39 is 5.69 Å². The van der Waals surface area contributed by atoms with Gasteiger partial charge >= 0.3 is 5.69 Å². The van der Waals surface area contributed by atoms with Crippen LogP contribution in [0, 0.1) is 6.92 Å². The van der Waals surface area contributed by atoms with Crippen LogP contribution < -0.4 is 16.6 Å². The van der Waals surface area contributed by atoms with Crippen molar-refractivity contribution >= 4 is 27.5 Å².